The molecule has 1 fully saturated rings. The van der Waals surface area contributed by atoms with Crippen LogP contribution in [0.5, 0.6) is 0 Å². The topological polar surface area (TPSA) is 92.8 Å². The first-order chi connectivity index (χ1) is 11.0. The Labute approximate surface area is 135 Å². The first-order valence-corrected chi connectivity index (χ1v) is 8.14. The highest BCUT2D eigenvalue weighted by atomic mass is 32.2. The van der Waals surface area contributed by atoms with E-state index in [2.05, 4.69) is 5.32 Å². The van der Waals surface area contributed by atoms with Gasteiger partial charge < -0.3 is 10.1 Å². The number of amides is 2. The van der Waals surface area contributed by atoms with E-state index in [1.807, 2.05) is 0 Å². The van der Waals surface area contributed by atoms with E-state index < -0.39 is 32.4 Å². The Kier molecular flexibility index (Phi) is 4.74. The first-order valence-electron chi connectivity index (χ1n) is 6.66. The van der Waals surface area contributed by atoms with Gasteiger partial charge in [0.05, 0.1) is 18.0 Å². The molecule has 2 amide bonds. The number of halogens is 3. The SMILES string of the molecule is CC(=O)NC[C@H]1CN(c2ccc(S(=O)(=O)C(F)(F)F)cc2)C(=O)O1. The largest absolute Gasteiger partial charge is 0.501 e. The summed E-state index contributed by atoms with van der Waals surface area (Å²) in [6, 6.07) is 3.71. The quantitative estimate of drug-likeness (QED) is 0.871. The molecule has 7 nitrogen and oxygen atoms in total. The Morgan fingerprint density at radius 2 is 1.92 bits per heavy atom. The zero-order chi connectivity index (χ0) is 18.1. The van der Waals surface area contributed by atoms with Crippen molar-refractivity contribution < 1.29 is 35.9 Å². The number of hydrogen-bond donors (Lipinski definition) is 1. The molecule has 0 bridgehead atoms. The highest BCUT2D eigenvalue weighted by molar-refractivity contribution is 7.92. The van der Waals surface area contributed by atoms with E-state index in [0.717, 1.165) is 29.2 Å². The van der Waals surface area contributed by atoms with E-state index in [1.54, 1.807) is 0 Å². The molecule has 1 N–H and O–H groups in total. The van der Waals surface area contributed by atoms with E-state index in [4.69, 9.17) is 4.74 Å². The van der Waals surface area contributed by atoms with E-state index >= 15 is 0 Å². The van der Waals surface area contributed by atoms with Crippen molar-refractivity contribution in [1.82, 2.24) is 5.32 Å². The van der Waals surface area contributed by atoms with E-state index in [0.29, 0.717) is 0 Å². The van der Waals surface area contributed by atoms with Crippen LogP contribution in [0.3, 0.4) is 0 Å². The second-order valence-electron chi connectivity index (χ2n) is 5.00. The lowest BCUT2D eigenvalue weighted by Gasteiger charge is -2.14. The molecule has 0 radical (unpaired) electrons. The minimum Gasteiger partial charge on any atom is -0.442 e. The van der Waals surface area contributed by atoms with Gasteiger partial charge in [0.2, 0.25) is 5.91 Å². The Balaban J connectivity index is 2.14. The summed E-state index contributed by atoms with van der Waals surface area (Å²) >= 11 is 0. The molecule has 0 saturated carbocycles. The molecule has 0 aliphatic carbocycles. The summed E-state index contributed by atoms with van der Waals surface area (Å²) in [6.45, 7) is 1.47. The van der Waals surface area contributed by atoms with Gasteiger partial charge in [-0.3, -0.25) is 9.69 Å². The molecule has 1 aliphatic rings. The van der Waals surface area contributed by atoms with Crippen LogP contribution >= 0.6 is 0 Å². The lowest BCUT2D eigenvalue weighted by atomic mass is 10.2. The minimum absolute atomic E-state index is 0.0739. The van der Waals surface area contributed by atoms with Crippen molar-refractivity contribution in [2.24, 2.45) is 0 Å². The zero-order valence-electron chi connectivity index (χ0n) is 12.3. The van der Waals surface area contributed by atoms with Crippen LogP contribution in [-0.2, 0) is 19.4 Å². The van der Waals surface area contributed by atoms with Crippen molar-refractivity contribution in [1.29, 1.82) is 0 Å². The smallest absolute Gasteiger partial charge is 0.442 e. The van der Waals surface area contributed by atoms with Gasteiger partial charge in [0.15, 0.2) is 0 Å². The van der Waals surface area contributed by atoms with Gasteiger partial charge >= 0.3 is 11.6 Å². The van der Waals surface area contributed by atoms with E-state index in [1.165, 1.54) is 6.92 Å². The number of carbonyl (C=O) groups excluding carboxylic acids is 2. The lowest BCUT2D eigenvalue weighted by molar-refractivity contribution is -0.119. The third-order valence-corrected chi connectivity index (χ3v) is 4.72. The van der Waals surface area contributed by atoms with E-state index in [9.17, 15) is 31.2 Å². The normalized spacial score (nSPS) is 18.4. The van der Waals surface area contributed by atoms with Crippen LogP contribution in [0.4, 0.5) is 23.7 Å². The summed E-state index contributed by atoms with van der Waals surface area (Å²) in [7, 11) is -5.44. The van der Waals surface area contributed by atoms with Crippen LogP contribution in [0.2, 0.25) is 0 Å². The molecule has 11 heteroatoms. The molecule has 132 valence electrons. The van der Waals surface area contributed by atoms with Crippen LogP contribution in [0.15, 0.2) is 29.2 Å². The molecule has 2 rings (SSSR count). The Morgan fingerprint density at radius 3 is 2.42 bits per heavy atom. The summed E-state index contributed by atoms with van der Waals surface area (Å²) in [6.07, 6.45) is -1.35. The number of hydrogen-bond acceptors (Lipinski definition) is 5. The zero-order valence-corrected chi connectivity index (χ0v) is 13.1. The third-order valence-electron chi connectivity index (χ3n) is 3.22. The highest BCUT2D eigenvalue weighted by Crippen LogP contribution is 2.31. The molecule has 0 spiro atoms. The maximum Gasteiger partial charge on any atom is 0.501 e. The fourth-order valence-electron chi connectivity index (χ4n) is 2.04. The number of ether oxygens (including phenoxy) is 1. The number of sulfone groups is 1. The number of anilines is 1. The molecule has 1 aromatic carbocycles. The number of nitrogens with one attached hydrogen (secondary N) is 1. The molecular weight excluding hydrogens is 353 g/mol. The van der Waals surface area contributed by atoms with Crippen molar-refractivity contribution in [2.75, 3.05) is 18.0 Å². The van der Waals surface area contributed by atoms with Crippen LogP contribution in [-0.4, -0.2) is 45.1 Å². The van der Waals surface area contributed by atoms with Crippen LogP contribution in [0.1, 0.15) is 6.92 Å². The van der Waals surface area contributed by atoms with Gasteiger partial charge in [-0.15, -0.1) is 0 Å². The van der Waals surface area contributed by atoms with Gasteiger partial charge in [-0.25, -0.2) is 13.2 Å². The van der Waals surface area contributed by atoms with Gasteiger partial charge in [0.25, 0.3) is 9.84 Å². The molecule has 1 aliphatic heterocycles. The number of cyclic esters (lactones) is 1. The first kappa shape index (κ1) is 18.0. The average molecular weight is 366 g/mol. The summed E-state index contributed by atoms with van der Waals surface area (Å²) in [4.78, 5) is 22.8. The number of rotatable bonds is 4. The Bertz CT molecular complexity index is 746. The molecule has 0 aromatic heterocycles. The number of alkyl halides is 3. The molecule has 24 heavy (non-hydrogen) atoms. The van der Waals surface area contributed by atoms with Gasteiger partial charge in [-0.05, 0) is 24.3 Å². The number of benzene rings is 1. The fourth-order valence-corrected chi connectivity index (χ4v) is 2.80. The lowest BCUT2D eigenvalue weighted by Crippen LogP contribution is -2.33. The van der Waals surface area contributed by atoms with Gasteiger partial charge in [0, 0.05) is 12.6 Å². The van der Waals surface area contributed by atoms with E-state index in [-0.39, 0.29) is 24.7 Å². The maximum atomic E-state index is 12.5. The van der Waals surface area contributed by atoms with Crippen molar-refractivity contribution in [3.05, 3.63) is 24.3 Å². The van der Waals surface area contributed by atoms with Gasteiger partial charge in [0.1, 0.15) is 6.10 Å². The highest BCUT2D eigenvalue weighted by Gasteiger charge is 2.46. The number of nitrogens with zero attached hydrogens (tertiary/aromatic N) is 1. The maximum absolute atomic E-state index is 12.5. The fraction of sp³-hybridized carbons (Fsp3) is 0.385. The van der Waals surface area contributed by atoms with Crippen molar-refractivity contribution in [2.45, 2.75) is 23.4 Å². The molecular formula is C13H13F3N2O5S. The molecule has 1 aromatic rings. The average Bonchev–Trinajstić information content (AvgIpc) is 2.85. The summed E-state index contributed by atoms with van der Waals surface area (Å²) in [5.41, 5.74) is -5.21. The number of carbonyl (C=O) groups is 2. The predicted molar refractivity (Wildman–Crippen MR) is 76.0 cm³/mol. The third kappa shape index (κ3) is 3.61. The van der Waals surface area contributed by atoms with Crippen LogP contribution in [0, 0.1) is 0 Å². The Hall–Kier alpha value is -2.30. The molecule has 1 saturated heterocycles. The van der Waals surface area contributed by atoms with Crippen molar-refractivity contribution >= 4 is 27.5 Å². The second-order valence-corrected chi connectivity index (χ2v) is 6.94. The summed E-state index contributed by atoms with van der Waals surface area (Å²) in [5.74, 6) is -0.300. The van der Waals surface area contributed by atoms with Crippen LogP contribution < -0.4 is 10.2 Å². The minimum atomic E-state index is -5.44. The van der Waals surface area contributed by atoms with Crippen molar-refractivity contribution in [3.63, 3.8) is 0 Å². The predicted octanol–water partition coefficient (Wildman–Crippen LogP) is 1.44. The van der Waals surface area contributed by atoms with Gasteiger partial charge in [-0.2, -0.15) is 13.2 Å². The summed E-state index contributed by atoms with van der Waals surface area (Å²) < 4.78 is 65.0. The molecule has 1 atom stereocenters. The standard InChI is InChI=1S/C13H13F3N2O5S/c1-8(19)17-6-10-7-18(12(20)23-10)9-2-4-11(5-3-9)24(21,22)13(14,15)16/h2-5,10H,6-7H2,1H3,(H,17,19)/t10-/m0/s1. The molecule has 0 unspecified atom stereocenters. The van der Waals surface area contributed by atoms with Crippen molar-refractivity contribution in [3.8, 4) is 0 Å². The monoisotopic (exact) mass is 366 g/mol. The molecule has 1 heterocycles. The van der Waals surface area contributed by atoms with Gasteiger partial charge in [-0.1, -0.05) is 0 Å². The van der Waals surface area contributed by atoms with Crippen LogP contribution in [0.25, 0.3) is 0 Å². The summed E-state index contributed by atoms with van der Waals surface area (Å²) in [5, 5.41) is 2.48. The second kappa shape index (κ2) is 6.30. The Morgan fingerprint density at radius 1 is 1.33 bits per heavy atom.